The van der Waals surface area contributed by atoms with Crippen molar-refractivity contribution in [3.63, 3.8) is 0 Å². The second-order valence-corrected chi connectivity index (χ2v) is 8.13. The topological polar surface area (TPSA) is 49.2 Å². The summed E-state index contributed by atoms with van der Waals surface area (Å²) in [6, 6.07) is 8.08. The zero-order valence-corrected chi connectivity index (χ0v) is 17.4. The van der Waals surface area contributed by atoms with E-state index >= 15 is 0 Å². The molecule has 0 saturated carbocycles. The normalized spacial score (nSPS) is 10.9. The molecular formula is C17H18BrN3O2S2. The molecule has 2 heterocycles. The van der Waals surface area contributed by atoms with Crippen molar-refractivity contribution in [3.8, 4) is 11.5 Å². The third-order valence-corrected chi connectivity index (χ3v) is 6.31. The quantitative estimate of drug-likeness (QED) is 0.505. The van der Waals surface area contributed by atoms with Crippen LogP contribution in [0.4, 0.5) is 0 Å². The summed E-state index contributed by atoms with van der Waals surface area (Å²) in [4.78, 5) is 1.28. The molecule has 0 N–H and O–H groups in total. The van der Waals surface area contributed by atoms with Crippen molar-refractivity contribution in [1.29, 1.82) is 0 Å². The van der Waals surface area contributed by atoms with Gasteiger partial charge in [-0.2, -0.15) is 0 Å². The number of ether oxygens (including phenoxy) is 2. The van der Waals surface area contributed by atoms with Gasteiger partial charge in [0.15, 0.2) is 5.16 Å². The summed E-state index contributed by atoms with van der Waals surface area (Å²) in [6.45, 7) is 0. The average molecular weight is 440 g/mol. The second kappa shape index (κ2) is 8.25. The first-order valence-electron chi connectivity index (χ1n) is 7.56. The van der Waals surface area contributed by atoms with E-state index in [4.69, 9.17) is 9.47 Å². The molecule has 0 aliphatic heterocycles. The fraction of sp³-hybridized carbons (Fsp3) is 0.294. The van der Waals surface area contributed by atoms with Crippen LogP contribution in [-0.4, -0.2) is 29.0 Å². The molecule has 0 fully saturated rings. The Kier molecular flexibility index (Phi) is 6.03. The van der Waals surface area contributed by atoms with Crippen molar-refractivity contribution in [1.82, 2.24) is 14.8 Å². The summed E-state index contributed by atoms with van der Waals surface area (Å²) >= 11 is 6.85. The van der Waals surface area contributed by atoms with Crippen LogP contribution in [0.5, 0.6) is 11.5 Å². The van der Waals surface area contributed by atoms with Gasteiger partial charge in [-0.25, -0.2) is 0 Å². The predicted molar refractivity (Wildman–Crippen MR) is 105 cm³/mol. The van der Waals surface area contributed by atoms with E-state index in [0.29, 0.717) is 0 Å². The molecule has 8 heteroatoms. The molecule has 0 unspecified atom stereocenters. The summed E-state index contributed by atoms with van der Waals surface area (Å²) in [5.41, 5.74) is 1.05. The molecule has 0 aliphatic carbocycles. The van der Waals surface area contributed by atoms with Crippen molar-refractivity contribution in [2.75, 3.05) is 14.2 Å². The Labute approximate surface area is 163 Å². The van der Waals surface area contributed by atoms with E-state index < -0.39 is 0 Å². The number of nitrogens with zero attached hydrogens (tertiary/aromatic N) is 3. The van der Waals surface area contributed by atoms with Crippen LogP contribution < -0.4 is 9.47 Å². The SMILES string of the molecule is COc1cc(CSc2nnc(Cc3cccs3)n2C)c(OC)cc1Br. The summed E-state index contributed by atoms with van der Waals surface area (Å²) in [6.07, 6.45) is 0.803. The molecule has 1 aromatic carbocycles. The maximum atomic E-state index is 5.48. The highest BCUT2D eigenvalue weighted by atomic mass is 79.9. The highest BCUT2D eigenvalue weighted by molar-refractivity contribution is 9.10. The van der Waals surface area contributed by atoms with Crippen molar-refractivity contribution in [2.24, 2.45) is 7.05 Å². The smallest absolute Gasteiger partial charge is 0.191 e. The van der Waals surface area contributed by atoms with E-state index in [1.54, 1.807) is 37.3 Å². The third kappa shape index (κ3) is 4.19. The number of benzene rings is 1. The highest BCUT2D eigenvalue weighted by Gasteiger charge is 2.14. The van der Waals surface area contributed by atoms with Crippen LogP contribution in [0.1, 0.15) is 16.3 Å². The number of hydrogen-bond acceptors (Lipinski definition) is 6. The predicted octanol–water partition coefficient (Wildman–Crippen LogP) is 4.54. The number of aromatic nitrogens is 3. The molecular weight excluding hydrogens is 422 g/mol. The zero-order chi connectivity index (χ0) is 17.8. The number of hydrogen-bond donors (Lipinski definition) is 0. The minimum atomic E-state index is 0.720. The Bertz CT molecular complexity index is 850. The molecule has 0 saturated heterocycles. The molecule has 3 rings (SSSR count). The molecule has 5 nitrogen and oxygen atoms in total. The Morgan fingerprint density at radius 1 is 1.20 bits per heavy atom. The van der Waals surface area contributed by atoms with E-state index in [9.17, 15) is 0 Å². The van der Waals surface area contributed by atoms with Gasteiger partial charge >= 0.3 is 0 Å². The summed E-state index contributed by atoms with van der Waals surface area (Å²) in [5.74, 6) is 3.29. The van der Waals surface area contributed by atoms with Crippen molar-refractivity contribution < 1.29 is 9.47 Å². The van der Waals surface area contributed by atoms with Gasteiger partial charge in [-0.1, -0.05) is 17.8 Å². The number of thiophene rings is 1. The van der Waals surface area contributed by atoms with Gasteiger partial charge in [0, 0.05) is 29.7 Å². The van der Waals surface area contributed by atoms with Crippen LogP contribution in [0, 0.1) is 0 Å². The van der Waals surface area contributed by atoms with Crippen LogP contribution in [-0.2, 0) is 19.2 Å². The van der Waals surface area contributed by atoms with Gasteiger partial charge in [-0.15, -0.1) is 21.5 Å². The van der Waals surface area contributed by atoms with E-state index in [1.165, 1.54) is 4.88 Å². The molecule has 0 amide bonds. The van der Waals surface area contributed by atoms with E-state index in [2.05, 4.69) is 43.6 Å². The molecule has 25 heavy (non-hydrogen) atoms. The molecule has 0 radical (unpaired) electrons. The first-order chi connectivity index (χ1) is 12.1. The number of halogens is 1. The fourth-order valence-corrected chi connectivity index (χ4v) is 4.47. The van der Waals surface area contributed by atoms with Crippen LogP contribution in [0.3, 0.4) is 0 Å². The zero-order valence-electron chi connectivity index (χ0n) is 14.2. The van der Waals surface area contributed by atoms with Gasteiger partial charge in [0.1, 0.15) is 17.3 Å². The molecule has 3 aromatic rings. The first kappa shape index (κ1) is 18.3. The molecule has 0 atom stereocenters. The van der Waals surface area contributed by atoms with Crippen molar-refractivity contribution >= 4 is 39.0 Å². The lowest BCUT2D eigenvalue weighted by atomic mass is 10.2. The van der Waals surface area contributed by atoms with Gasteiger partial charge in [-0.3, -0.25) is 0 Å². The van der Waals surface area contributed by atoms with Crippen LogP contribution in [0.25, 0.3) is 0 Å². The minimum Gasteiger partial charge on any atom is -0.496 e. The van der Waals surface area contributed by atoms with E-state index in [-0.39, 0.29) is 0 Å². The molecule has 132 valence electrons. The monoisotopic (exact) mass is 439 g/mol. The third-order valence-electron chi connectivity index (χ3n) is 3.75. The largest absolute Gasteiger partial charge is 0.496 e. The van der Waals surface area contributed by atoms with Crippen LogP contribution in [0.15, 0.2) is 39.3 Å². The maximum absolute atomic E-state index is 5.48. The molecule has 0 spiro atoms. The summed E-state index contributed by atoms with van der Waals surface area (Å²) in [7, 11) is 5.33. The first-order valence-corrected chi connectivity index (χ1v) is 10.2. The van der Waals surface area contributed by atoms with Gasteiger partial charge in [-0.05, 0) is 39.5 Å². The Hall–Kier alpha value is -1.51. The standard InChI is InChI=1S/C17H18BrN3O2S2/c1-21-16(8-12-5-4-6-24-12)19-20-17(21)25-10-11-7-15(23-3)13(18)9-14(11)22-2/h4-7,9H,8,10H2,1-3H3. The van der Waals surface area contributed by atoms with E-state index in [1.807, 2.05) is 23.7 Å². The van der Waals surface area contributed by atoms with Crippen molar-refractivity contribution in [3.05, 3.63) is 50.4 Å². The lowest BCUT2D eigenvalue weighted by Gasteiger charge is -2.12. The Balaban J connectivity index is 1.75. The van der Waals surface area contributed by atoms with Gasteiger partial charge in [0.05, 0.1) is 18.7 Å². The Morgan fingerprint density at radius 3 is 2.68 bits per heavy atom. The minimum absolute atomic E-state index is 0.720. The molecule has 2 aromatic heterocycles. The summed E-state index contributed by atoms with van der Waals surface area (Å²) in [5, 5.41) is 11.6. The highest BCUT2D eigenvalue weighted by Crippen LogP contribution is 2.35. The van der Waals surface area contributed by atoms with Crippen LogP contribution in [0.2, 0.25) is 0 Å². The number of rotatable bonds is 7. The maximum Gasteiger partial charge on any atom is 0.191 e. The van der Waals surface area contributed by atoms with Crippen molar-refractivity contribution in [2.45, 2.75) is 17.3 Å². The summed E-state index contributed by atoms with van der Waals surface area (Å²) < 4.78 is 13.8. The number of methoxy groups -OCH3 is 2. The fourth-order valence-electron chi connectivity index (χ4n) is 2.37. The Morgan fingerprint density at radius 2 is 2.00 bits per heavy atom. The van der Waals surface area contributed by atoms with Crippen LogP contribution >= 0.6 is 39.0 Å². The van der Waals surface area contributed by atoms with Gasteiger partial charge in [0.2, 0.25) is 0 Å². The second-order valence-electron chi connectivity index (χ2n) is 5.30. The number of thioether (sulfide) groups is 1. The molecule has 0 aliphatic rings. The molecule has 0 bridgehead atoms. The average Bonchev–Trinajstić information content (AvgIpc) is 3.25. The van der Waals surface area contributed by atoms with Gasteiger partial charge < -0.3 is 14.0 Å². The lowest BCUT2D eigenvalue weighted by molar-refractivity contribution is 0.398. The van der Waals surface area contributed by atoms with Gasteiger partial charge in [0.25, 0.3) is 0 Å². The van der Waals surface area contributed by atoms with E-state index in [0.717, 1.165) is 44.7 Å². The lowest BCUT2D eigenvalue weighted by Crippen LogP contribution is -2.00.